The van der Waals surface area contributed by atoms with Gasteiger partial charge in [-0.05, 0) is 36.5 Å². The summed E-state index contributed by atoms with van der Waals surface area (Å²) >= 11 is 0. The third kappa shape index (κ3) is 6.17. The predicted octanol–water partition coefficient (Wildman–Crippen LogP) is 4.03. The Morgan fingerprint density at radius 1 is 1.00 bits per heavy atom. The number of nitrogens with one attached hydrogen (secondary N) is 2. The molecule has 6 nitrogen and oxygen atoms in total. The summed E-state index contributed by atoms with van der Waals surface area (Å²) in [6.07, 6.45) is 4.40. The molecule has 1 fully saturated rings. The highest BCUT2D eigenvalue weighted by molar-refractivity contribution is 6.04. The van der Waals surface area contributed by atoms with Crippen LogP contribution in [0.25, 0.3) is 0 Å². The van der Waals surface area contributed by atoms with E-state index in [2.05, 4.69) is 10.6 Å². The molecule has 1 atom stereocenters. The van der Waals surface area contributed by atoms with E-state index in [9.17, 15) is 14.4 Å². The fourth-order valence-electron chi connectivity index (χ4n) is 3.66. The molecular weight excluding hydrogens is 380 g/mol. The van der Waals surface area contributed by atoms with Gasteiger partial charge in [0.1, 0.15) is 0 Å². The summed E-state index contributed by atoms with van der Waals surface area (Å²) in [5.41, 5.74) is 1.86. The summed E-state index contributed by atoms with van der Waals surface area (Å²) < 4.78 is 5.12. The molecule has 0 aliphatic heterocycles. The summed E-state index contributed by atoms with van der Waals surface area (Å²) in [5.74, 6) is -1.11. The van der Waals surface area contributed by atoms with Crippen molar-refractivity contribution in [2.45, 2.75) is 51.0 Å². The summed E-state index contributed by atoms with van der Waals surface area (Å²) in [6, 6.07) is 16.7. The van der Waals surface area contributed by atoms with E-state index >= 15 is 0 Å². The smallest absolute Gasteiger partial charge is 0.306 e. The third-order valence-corrected chi connectivity index (χ3v) is 5.34. The fourth-order valence-corrected chi connectivity index (χ4v) is 3.66. The van der Waals surface area contributed by atoms with Crippen LogP contribution in [0.3, 0.4) is 0 Å². The lowest BCUT2D eigenvalue weighted by molar-refractivity contribution is -0.147. The summed E-state index contributed by atoms with van der Waals surface area (Å²) in [5, 5.41) is 5.70. The van der Waals surface area contributed by atoms with Gasteiger partial charge in [0.15, 0.2) is 6.61 Å². The highest BCUT2D eigenvalue weighted by Crippen LogP contribution is 2.21. The quantitative estimate of drug-likeness (QED) is 0.646. The molecule has 2 aromatic carbocycles. The first-order valence-corrected chi connectivity index (χ1v) is 10.4. The second kappa shape index (κ2) is 10.6. The van der Waals surface area contributed by atoms with E-state index < -0.39 is 11.9 Å². The van der Waals surface area contributed by atoms with Crippen LogP contribution in [0, 0.1) is 0 Å². The zero-order valence-corrected chi connectivity index (χ0v) is 17.2. The van der Waals surface area contributed by atoms with E-state index in [0.717, 1.165) is 31.2 Å². The van der Waals surface area contributed by atoms with Crippen molar-refractivity contribution in [3.63, 3.8) is 0 Å². The molecule has 6 heteroatoms. The first-order chi connectivity index (χ1) is 14.5. The van der Waals surface area contributed by atoms with Crippen LogP contribution in [0.4, 0.5) is 5.69 Å². The molecule has 3 rings (SSSR count). The first kappa shape index (κ1) is 21.6. The first-order valence-electron chi connectivity index (χ1n) is 10.4. The lowest BCUT2D eigenvalue weighted by atomic mass is 9.98. The molecule has 1 aliphatic rings. The van der Waals surface area contributed by atoms with Gasteiger partial charge in [0.05, 0.1) is 17.7 Å². The number of amides is 2. The van der Waals surface area contributed by atoms with Crippen LogP contribution in [-0.2, 0) is 14.3 Å². The molecular formula is C24H28N2O4. The van der Waals surface area contributed by atoms with Crippen LogP contribution in [0.1, 0.15) is 60.9 Å². The zero-order valence-electron chi connectivity index (χ0n) is 17.2. The third-order valence-electron chi connectivity index (χ3n) is 5.34. The van der Waals surface area contributed by atoms with Crippen molar-refractivity contribution >= 4 is 23.5 Å². The van der Waals surface area contributed by atoms with Gasteiger partial charge in [-0.15, -0.1) is 0 Å². The number of hydrogen-bond donors (Lipinski definition) is 2. The van der Waals surface area contributed by atoms with Gasteiger partial charge < -0.3 is 15.4 Å². The Balaban J connectivity index is 1.50. The average Bonchev–Trinajstić information content (AvgIpc) is 3.26. The molecule has 0 radical (unpaired) electrons. The van der Waals surface area contributed by atoms with Gasteiger partial charge in [-0.3, -0.25) is 14.4 Å². The zero-order chi connectivity index (χ0) is 21.3. The van der Waals surface area contributed by atoms with Crippen molar-refractivity contribution in [3.05, 3.63) is 65.7 Å². The maximum Gasteiger partial charge on any atom is 0.306 e. The highest BCUT2D eigenvalue weighted by Gasteiger charge is 2.20. The minimum atomic E-state index is -0.475. The van der Waals surface area contributed by atoms with E-state index in [4.69, 9.17) is 4.74 Å². The maximum atomic E-state index is 12.6. The van der Waals surface area contributed by atoms with Crippen LogP contribution < -0.4 is 10.6 Å². The molecule has 0 spiro atoms. The maximum absolute atomic E-state index is 12.6. The standard InChI is InChI=1S/C24H28N2O4/c1-17(18-9-3-2-4-10-18)15-23(28)30-16-22(27)26-21-14-8-7-13-20(21)24(29)25-19-11-5-6-12-19/h2-4,7-10,13-14,17,19H,5-6,11-12,15-16H2,1H3,(H,25,29)(H,26,27)/t17-/m0/s1. The molecule has 158 valence electrons. The lowest BCUT2D eigenvalue weighted by Crippen LogP contribution is -2.33. The Hall–Kier alpha value is -3.15. The van der Waals surface area contributed by atoms with E-state index in [1.807, 2.05) is 37.3 Å². The number of anilines is 1. The SMILES string of the molecule is C[C@@H](CC(=O)OCC(=O)Nc1ccccc1C(=O)NC1CCCC1)c1ccccc1. The fraction of sp³-hybridized carbons (Fsp3) is 0.375. The van der Waals surface area contributed by atoms with Gasteiger partial charge in [0, 0.05) is 6.04 Å². The second-order valence-electron chi connectivity index (χ2n) is 7.73. The van der Waals surface area contributed by atoms with Gasteiger partial charge >= 0.3 is 5.97 Å². The van der Waals surface area contributed by atoms with Crippen LogP contribution in [0.5, 0.6) is 0 Å². The van der Waals surface area contributed by atoms with Crippen LogP contribution in [0.15, 0.2) is 54.6 Å². The summed E-state index contributed by atoms with van der Waals surface area (Å²) in [4.78, 5) is 36.9. The van der Waals surface area contributed by atoms with Gasteiger partial charge in [-0.1, -0.05) is 62.2 Å². The Bertz CT molecular complexity index is 876. The number of rotatable bonds is 8. The number of carbonyl (C=O) groups excluding carboxylic acids is 3. The Morgan fingerprint density at radius 2 is 1.67 bits per heavy atom. The molecule has 0 unspecified atom stereocenters. The molecule has 2 aromatic rings. The lowest BCUT2D eigenvalue weighted by Gasteiger charge is -2.15. The Kier molecular flexibility index (Phi) is 7.60. The van der Waals surface area contributed by atoms with Gasteiger partial charge in [-0.2, -0.15) is 0 Å². The van der Waals surface area contributed by atoms with Crippen LogP contribution in [-0.4, -0.2) is 30.4 Å². The van der Waals surface area contributed by atoms with Gasteiger partial charge in [-0.25, -0.2) is 0 Å². The van der Waals surface area contributed by atoms with Crippen molar-refractivity contribution in [1.29, 1.82) is 0 Å². The van der Waals surface area contributed by atoms with E-state index in [1.165, 1.54) is 0 Å². The van der Waals surface area contributed by atoms with Crippen LogP contribution >= 0.6 is 0 Å². The molecule has 2 amide bonds. The topological polar surface area (TPSA) is 84.5 Å². The Morgan fingerprint density at radius 3 is 2.40 bits per heavy atom. The highest BCUT2D eigenvalue weighted by atomic mass is 16.5. The molecule has 1 aliphatic carbocycles. The Labute approximate surface area is 177 Å². The van der Waals surface area contributed by atoms with Gasteiger partial charge in [0.25, 0.3) is 11.8 Å². The van der Waals surface area contributed by atoms with Crippen molar-refractivity contribution < 1.29 is 19.1 Å². The van der Waals surface area contributed by atoms with E-state index in [1.54, 1.807) is 24.3 Å². The number of para-hydroxylation sites is 1. The van der Waals surface area contributed by atoms with E-state index in [0.29, 0.717) is 11.3 Å². The van der Waals surface area contributed by atoms with Crippen LogP contribution in [0.2, 0.25) is 0 Å². The van der Waals surface area contributed by atoms with E-state index in [-0.39, 0.29) is 30.9 Å². The summed E-state index contributed by atoms with van der Waals surface area (Å²) in [7, 11) is 0. The second-order valence-corrected chi connectivity index (χ2v) is 7.73. The average molecular weight is 408 g/mol. The van der Waals surface area contributed by atoms with Crippen molar-refractivity contribution in [2.24, 2.45) is 0 Å². The normalized spacial score (nSPS) is 14.7. The largest absolute Gasteiger partial charge is 0.456 e. The molecule has 1 saturated carbocycles. The van der Waals surface area contributed by atoms with Crippen molar-refractivity contribution in [3.8, 4) is 0 Å². The molecule has 0 aromatic heterocycles. The number of ether oxygens (including phenoxy) is 1. The minimum Gasteiger partial charge on any atom is -0.456 e. The molecule has 2 N–H and O–H groups in total. The minimum absolute atomic E-state index is 0.00164. The molecule has 0 heterocycles. The predicted molar refractivity (Wildman–Crippen MR) is 115 cm³/mol. The number of hydrogen-bond acceptors (Lipinski definition) is 4. The molecule has 0 bridgehead atoms. The number of carbonyl (C=O) groups is 3. The molecule has 0 saturated heterocycles. The van der Waals surface area contributed by atoms with Gasteiger partial charge in [0.2, 0.25) is 0 Å². The monoisotopic (exact) mass is 408 g/mol. The molecule has 30 heavy (non-hydrogen) atoms. The van der Waals surface area contributed by atoms with Crippen molar-refractivity contribution in [2.75, 3.05) is 11.9 Å². The number of benzene rings is 2. The number of esters is 1. The van der Waals surface area contributed by atoms with Crippen molar-refractivity contribution in [1.82, 2.24) is 5.32 Å². The summed E-state index contributed by atoms with van der Waals surface area (Å²) in [6.45, 7) is 1.55.